The summed E-state index contributed by atoms with van der Waals surface area (Å²) in [6, 6.07) is 15.6. The maximum absolute atomic E-state index is 12.9. The molecule has 154 valence electrons. The summed E-state index contributed by atoms with van der Waals surface area (Å²) in [6.45, 7) is 5.71. The summed E-state index contributed by atoms with van der Waals surface area (Å²) in [6.07, 6.45) is 0. The number of carbonyl (C=O) groups is 2. The van der Waals surface area contributed by atoms with Gasteiger partial charge >= 0.3 is 0 Å². The summed E-state index contributed by atoms with van der Waals surface area (Å²) in [7, 11) is 0. The lowest BCUT2D eigenvalue weighted by molar-refractivity contribution is -0.120. The number of thioether (sulfide) groups is 1. The number of anilines is 2. The highest BCUT2D eigenvalue weighted by Gasteiger charge is 2.24. The van der Waals surface area contributed by atoms with E-state index >= 15 is 0 Å². The van der Waals surface area contributed by atoms with Crippen molar-refractivity contribution in [2.24, 2.45) is 5.92 Å². The van der Waals surface area contributed by atoms with Crippen molar-refractivity contribution in [3.63, 3.8) is 0 Å². The van der Waals surface area contributed by atoms with Crippen LogP contribution in [0.15, 0.2) is 48.5 Å². The van der Waals surface area contributed by atoms with Gasteiger partial charge in [-0.1, -0.05) is 55.8 Å². The molecule has 1 heterocycles. The van der Waals surface area contributed by atoms with Gasteiger partial charge in [0.05, 0.1) is 22.5 Å². The Morgan fingerprint density at radius 2 is 2.00 bits per heavy atom. The van der Waals surface area contributed by atoms with Crippen LogP contribution < -0.4 is 15.5 Å². The second-order valence-electron chi connectivity index (χ2n) is 7.39. The van der Waals surface area contributed by atoms with E-state index in [9.17, 15) is 9.59 Å². The van der Waals surface area contributed by atoms with Gasteiger partial charge in [0.15, 0.2) is 0 Å². The average Bonchev–Trinajstić information content (AvgIpc) is 2.69. The van der Waals surface area contributed by atoms with Crippen molar-refractivity contribution >= 4 is 46.6 Å². The van der Waals surface area contributed by atoms with Crippen molar-refractivity contribution in [2.45, 2.75) is 24.9 Å². The molecule has 1 aliphatic rings. The Balaban J connectivity index is 1.64. The Morgan fingerprint density at radius 3 is 2.66 bits per heavy atom. The van der Waals surface area contributed by atoms with Crippen LogP contribution >= 0.6 is 23.4 Å². The Hall–Kier alpha value is -2.18. The number of halogens is 1. The number of hydrogen-bond acceptors (Lipinski definition) is 4. The fourth-order valence-corrected chi connectivity index (χ4v) is 4.69. The van der Waals surface area contributed by atoms with Crippen LogP contribution in [0.2, 0.25) is 5.02 Å². The lowest BCUT2D eigenvalue weighted by Crippen LogP contribution is -2.47. The van der Waals surface area contributed by atoms with E-state index in [1.165, 1.54) is 5.56 Å². The molecule has 2 N–H and O–H groups in total. The van der Waals surface area contributed by atoms with E-state index in [0.717, 1.165) is 11.4 Å². The molecule has 0 spiro atoms. The van der Waals surface area contributed by atoms with Gasteiger partial charge in [-0.25, -0.2) is 0 Å². The summed E-state index contributed by atoms with van der Waals surface area (Å²) < 4.78 is 0. The average molecular weight is 432 g/mol. The number of carbonyl (C=O) groups excluding carboxylic acids is 2. The van der Waals surface area contributed by atoms with Crippen LogP contribution in [0.25, 0.3) is 0 Å². The molecule has 1 saturated heterocycles. The second-order valence-corrected chi connectivity index (χ2v) is 8.93. The minimum absolute atomic E-state index is 0.0140. The topological polar surface area (TPSA) is 61.4 Å². The van der Waals surface area contributed by atoms with Crippen LogP contribution in [0.4, 0.5) is 11.4 Å². The predicted molar refractivity (Wildman–Crippen MR) is 122 cm³/mol. The molecule has 1 unspecified atom stereocenters. The van der Waals surface area contributed by atoms with E-state index in [-0.39, 0.29) is 29.5 Å². The van der Waals surface area contributed by atoms with Crippen molar-refractivity contribution in [3.8, 4) is 0 Å². The number of nitrogens with zero attached hydrogens (tertiary/aromatic N) is 1. The van der Waals surface area contributed by atoms with Crippen LogP contribution in [0.5, 0.6) is 0 Å². The third-order valence-corrected chi connectivity index (χ3v) is 6.65. The summed E-state index contributed by atoms with van der Waals surface area (Å²) in [5.41, 5.74) is 2.67. The first-order valence-electron chi connectivity index (χ1n) is 9.71. The number of hydrogen-bond donors (Lipinski definition) is 2. The molecule has 0 aromatic heterocycles. The summed E-state index contributed by atoms with van der Waals surface area (Å²) >= 11 is 8.09. The molecule has 0 saturated carbocycles. The van der Waals surface area contributed by atoms with Gasteiger partial charge in [0, 0.05) is 24.5 Å². The molecule has 7 heteroatoms. The van der Waals surface area contributed by atoms with E-state index < -0.39 is 0 Å². The molecule has 2 aromatic carbocycles. The van der Waals surface area contributed by atoms with Crippen molar-refractivity contribution in [2.75, 3.05) is 29.9 Å². The monoisotopic (exact) mass is 431 g/mol. The fraction of sp³-hybridized carbons (Fsp3) is 0.364. The molecule has 1 aliphatic heterocycles. The minimum Gasteiger partial charge on any atom is -0.359 e. The fourth-order valence-electron chi connectivity index (χ4n) is 3.23. The van der Waals surface area contributed by atoms with Gasteiger partial charge in [-0.05, 0) is 29.7 Å². The van der Waals surface area contributed by atoms with Crippen LogP contribution in [0, 0.1) is 5.92 Å². The summed E-state index contributed by atoms with van der Waals surface area (Å²) in [4.78, 5) is 26.4. The van der Waals surface area contributed by atoms with E-state index in [2.05, 4.69) is 36.6 Å². The van der Waals surface area contributed by atoms with Crippen LogP contribution in [-0.2, 0) is 15.3 Å². The molecule has 0 bridgehead atoms. The molecule has 5 nitrogen and oxygen atoms in total. The van der Waals surface area contributed by atoms with Crippen LogP contribution in [0.3, 0.4) is 0 Å². The maximum Gasteiger partial charge on any atom is 0.239 e. The second kappa shape index (κ2) is 10.0. The Labute approximate surface area is 181 Å². The number of benzene rings is 2. The van der Waals surface area contributed by atoms with Crippen molar-refractivity contribution in [1.29, 1.82) is 0 Å². The Kier molecular flexibility index (Phi) is 7.45. The first kappa shape index (κ1) is 21.5. The van der Waals surface area contributed by atoms with Gasteiger partial charge in [0.1, 0.15) is 0 Å². The zero-order valence-corrected chi connectivity index (χ0v) is 18.2. The molecule has 1 atom stereocenters. The molecule has 2 amide bonds. The molecular formula is C22H26ClN3O2S. The normalized spacial score (nSPS) is 15.2. The first-order valence-corrected chi connectivity index (χ1v) is 11.1. The Bertz CT molecular complexity index is 860. The molecular weight excluding hydrogens is 406 g/mol. The van der Waals surface area contributed by atoms with Crippen LogP contribution in [-0.4, -0.2) is 36.7 Å². The standard InChI is InChI=1S/C22H26ClN3O2S/c1-15(2)21(29-14-16-6-4-3-5-7-16)22(28)25-17-8-9-19(18(23)12-17)26-11-10-24-20(27)13-26/h3-9,12,15,21H,10-11,13-14H2,1-2H3,(H,24,27)(H,25,28). The van der Waals surface area contributed by atoms with Gasteiger partial charge < -0.3 is 15.5 Å². The predicted octanol–water partition coefficient (Wildman–Crippen LogP) is 4.17. The van der Waals surface area contributed by atoms with Crippen molar-refractivity contribution in [3.05, 3.63) is 59.1 Å². The Morgan fingerprint density at radius 1 is 1.24 bits per heavy atom. The van der Waals surface area contributed by atoms with Gasteiger partial charge in [-0.15, -0.1) is 11.8 Å². The van der Waals surface area contributed by atoms with Crippen LogP contribution in [0.1, 0.15) is 19.4 Å². The highest BCUT2D eigenvalue weighted by atomic mass is 35.5. The van der Waals surface area contributed by atoms with E-state index in [1.807, 2.05) is 35.2 Å². The highest BCUT2D eigenvalue weighted by Crippen LogP contribution is 2.30. The third-order valence-electron chi connectivity index (χ3n) is 4.73. The largest absolute Gasteiger partial charge is 0.359 e. The van der Waals surface area contributed by atoms with Gasteiger partial charge in [-0.2, -0.15) is 0 Å². The molecule has 0 aliphatic carbocycles. The molecule has 3 rings (SSSR count). The number of rotatable bonds is 7. The zero-order valence-electron chi connectivity index (χ0n) is 16.7. The summed E-state index contributed by atoms with van der Waals surface area (Å²) in [5.74, 6) is 0.945. The van der Waals surface area contributed by atoms with Gasteiger partial charge in [0.25, 0.3) is 0 Å². The number of piperazine rings is 1. The number of amides is 2. The highest BCUT2D eigenvalue weighted by molar-refractivity contribution is 7.99. The van der Waals surface area contributed by atoms with Crippen molar-refractivity contribution in [1.82, 2.24) is 5.32 Å². The number of nitrogens with one attached hydrogen (secondary N) is 2. The van der Waals surface area contributed by atoms with Gasteiger partial charge in [0.2, 0.25) is 11.8 Å². The van der Waals surface area contributed by atoms with E-state index in [4.69, 9.17) is 11.6 Å². The third kappa shape index (κ3) is 5.90. The first-order chi connectivity index (χ1) is 13.9. The van der Waals surface area contributed by atoms with Crippen molar-refractivity contribution < 1.29 is 9.59 Å². The van der Waals surface area contributed by atoms with E-state index in [0.29, 0.717) is 23.8 Å². The van der Waals surface area contributed by atoms with E-state index in [1.54, 1.807) is 17.8 Å². The lowest BCUT2D eigenvalue weighted by atomic mass is 10.1. The molecule has 1 fully saturated rings. The zero-order chi connectivity index (χ0) is 20.8. The summed E-state index contributed by atoms with van der Waals surface area (Å²) in [5, 5.41) is 6.16. The SMILES string of the molecule is CC(C)C(SCc1ccccc1)C(=O)Nc1ccc(N2CCNC(=O)C2)c(Cl)c1. The van der Waals surface area contributed by atoms with Gasteiger partial charge in [-0.3, -0.25) is 9.59 Å². The minimum atomic E-state index is -0.167. The maximum atomic E-state index is 12.9. The lowest BCUT2D eigenvalue weighted by Gasteiger charge is -2.29. The smallest absolute Gasteiger partial charge is 0.239 e. The molecule has 2 aromatic rings. The molecule has 29 heavy (non-hydrogen) atoms. The quantitative estimate of drug-likeness (QED) is 0.690. The molecule has 0 radical (unpaired) electrons.